The van der Waals surface area contributed by atoms with E-state index in [9.17, 15) is 53.8 Å². The number of carbonyl (C=O) groups is 2. The van der Waals surface area contributed by atoms with Crippen LogP contribution in [0.4, 0.5) is 0 Å². The van der Waals surface area contributed by atoms with E-state index < -0.39 is 83.5 Å². The van der Waals surface area contributed by atoms with E-state index >= 15 is 0 Å². The Balaban J connectivity index is -0.0000105. The predicted molar refractivity (Wildman–Crippen MR) is 201 cm³/mol. The Labute approximate surface area is 418 Å². The van der Waals surface area contributed by atoms with Crippen molar-refractivity contribution >= 4 is 27.6 Å². The van der Waals surface area contributed by atoms with Gasteiger partial charge in [0.1, 0.15) is 43.2 Å². The summed E-state index contributed by atoms with van der Waals surface area (Å²) in [6, 6.07) is 0. The number of aliphatic hydroxyl groups excluding tert-OH is 4. The first-order valence-electron chi connectivity index (χ1n) is 20.7. The summed E-state index contributed by atoms with van der Waals surface area (Å²) in [4.78, 5) is 60.2. The molecule has 8 atom stereocenters. The van der Waals surface area contributed by atoms with Gasteiger partial charge in [-0.25, -0.2) is 0 Å². The minimum absolute atomic E-state index is 0. The van der Waals surface area contributed by atoms with Gasteiger partial charge in [-0.2, -0.15) is 0 Å². The van der Waals surface area contributed by atoms with Crippen molar-refractivity contribution in [2.24, 2.45) is 5.73 Å². The molecular weight excluding hydrogens is 845 g/mol. The predicted octanol–water partition coefficient (Wildman–Crippen LogP) is -5.66. The zero-order valence-electron chi connectivity index (χ0n) is 36.3. The number of phosphoric ester groups is 2. The van der Waals surface area contributed by atoms with Crippen LogP contribution >= 0.6 is 15.6 Å². The van der Waals surface area contributed by atoms with Crippen molar-refractivity contribution in [3.05, 3.63) is 0 Å². The summed E-state index contributed by atoms with van der Waals surface area (Å²) in [7, 11) is -11.4. The van der Waals surface area contributed by atoms with Gasteiger partial charge >= 0.3 is 101 Å². The molecule has 1 unspecified atom stereocenters. The second-order valence-corrected chi connectivity index (χ2v) is 17.3. The molecule has 1 rings (SSSR count). The van der Waals surface area contributed by atoms with Gasteiger partial charge in [0, 0.05) is 12.8 Å². The van der Waals surface area contributed by atoms with Crippen LogP contribution in [0, 0.1) is 0 Å². The summed E-state index contributed by atoms with van der Waals surface area (Å²) in [5.74, 6) is -1.27. The second-order valence-electron chi connectivity index (χ2n) is 14.8. The molecule has 0 radical (unpaired) electrons. The van der Waals surface area contributed by atoms with E-state index in [1.54, 1.807) is 0 Å². The summed E-state index contributed by atoms with van der Waals surface area (Å²) in [5.41, 5.74) is 5.51. The van der Waals surface area contributed by atoms with Gasteiger partial charge in [0.25, 0.3) is 7.82 Å². The number of ether oxygens (including phenoxy) is 2. The number of hydrogen-bond acceptors (Lipinski definition) is 17. The molecule has 0 aromatic carbocycles. The fourth-order valence-electron chi connectivity index (χ4n) is 6.49. The Kier molecular flexibility index (Phi) is 43.3. The van der Waals surface area contributed by atoms with Crippen LogP contribution in [0.1, 0.15) is 161 Å². The Morgan fingerprint density at radius 2 is 0.949 bits per heavy atom. The molecule has 332 valence electrons. The molecule has 1 aliphatic carbocycles. The molecule has 0 spiro atoms. The van der Waals surface area contributed by atoms with Crippen molar-refractivity contribution in [1.29, 1.82) is 0 Å². The molecule has 17 nitrogen and oxygen atoms in total. The van der Waals surface area contributed by atoms with E-state index in [4.69, 9.17) is 24.3 Å². The molecule has 59 heavy (non-hydrogen) atoms. The monoisotopic (exact) mass is 915 g/mol. The fourth-order valence-corrected chi connectivity index (χ4v) is 8.00. The molecule has 0 aliphatic heterocycles. The molecule has 22 heteroatoms. The molecule has 0 heterocycles. The number of carbonyl (C=O) groups excluding carboxylic acids is 2. The number of rotatable bonds is 35. The molecule has 1 fully saturated rings. The van der Waals surface area contributed by atoms with Gasteiger partial charge in [-0.05, 0) is 25.8 Å². The van der Waals surface area contributed by atoms with Crippen LogP contribution in [0.15, 0.2) is 0 Å². The van der Waals surface area contributed by atoms with Gasteiger partial charge in [0.15, 0.2) is 6.10 Å². The summed E-state index contributed by atoms with van der Waals surface area (Å²) in [6.07, 6.45) is 8.01. The van der Waals surface area contributed by atoms with Gasteiger partial charge in [-0.3, -0.25) is 14.2 Å². The Morgan fingerprint density at radius 1 is 0.559 bits per heavy atom. The summed E-state index contributed by atoms with van der Waals surface area (Å²) >= 11 is 0. The summed E-state index contributed by atoms with van der Waals surface area (Å²) in [5, 5.41) is 40.8. The average molecular weight is 916 g/mol. The van der Waals surface area contributed by atoms with Crippen LogP contribution in [-0.2, 0) is 41.8 Å². The normalized spacial score (nSPS) is 21.9. The third-order valence-electron chi connectivity index (χ3n) is 9.76. The maximum atomic E-state index is 12.8. The Hall–Kier alpha value is 1.96. The van der Waals surface area contributed by atoms with E-state index in [0.29, 0.717) is 19.4 Å². The smallest absolute Gasteiger partial charge is 0.790 e. The second kappa shape index (κ2) is 39.2. The average Bonchev–Trinajstić information content (AvgIpc) is 3.14. The number of aliphatic hydroxyl groups is 4. The van der Waals surface area contributed by atoms with Crippen molar-refractivity contribution in [3.63, 3.8) is 0 Å². The maximum Gasteiger partial charge on any atom is 1.00 e. The van der Waals surface area contributed by atoms with Crippen molar-refractivity contribution < 1.29 is 166 Å². The molecule has 6 N–H and O–H groups in total. The number of hydrogen-bond donors (Lipinski definition) is 5. The molecule has 1 aliphatic rings. The van der Waals surface area contributed by atoms with E-state index in [1.807, 2.05) is 0 Å². The minimum atomic E-state index is -5.87. The standard InChI is InChI=1S/C37H73NO16P2.3Na/c1-2-3-4-5-6-7-8-9-10-12-16-19-22-25-31(40)52-29(27-50-30(39)24-21-18-15-13-11-14-17-20-23-26-38)28-51-56(48,49)54-37-34(43)32(41)33(42)36(35(37)44)53-55(45,46)47;;;/h29,32-37,41-44H,2-28,38H2,1H3,(H,48,49)(H2,45,46,47);;;/q;3*+1/p-3/t29-,32-,33-,34-,35-,36+,37-;;;/m1.../s1. The first-order chi connectivity index (χ1) is 26.6. The van der Waals surface area contributed by atoms with Crippen LogP contribution in [0.2, 0.25) is 0 Å². The minimum Gasteiger partial charge on any atom is -0.790 e. The van der Waals surface area contributed by atoms with Crippen LogP contribution < -0.4 is 109 Å². The number of nitrogens with two attached hydrogens (primary N) is 1. The van der Waals surface area contributed by atoms with Crippen molar-refractivity contribution in [3.8, 4) is 0 Å². The number of esters is 2. The van der Waals surface area contributed by atoms with Crippen LogP contribution in [-0.4, -0.2) is 94.9 Å². The van der Waals surface area contributed by atoms with Crippen molar-refractivity contribution in [2.45, 2.75) is 204 Å². The van der Waals surface area contributed by atoms with E-state index in [0.717, 1.165) is 77.0 Å². The van der Waals surface area contributed by atoms with Crippen LogP contribution in [0.25, 0.3) is 0 Å². The van der Waals surface area contributed by atoms with Gasteiger partial charge in [0.2, 0.25) is 0 Å². The first kappa shape index (κ1) is 65.2. The molecule has 0 saturated heterocycles. The zero-order chi connectivity index (χ0) is 41.8. The van der Waals surface area contributed by atoms with Gasteiger partial charge in [-0.1, -0.05) is 129 Å². The molecule has 0 bridgehead atoms. The topological polar surface area (TPSA) is 291 Å². The van der Waals surface area contributed by atoms with Crippen LogP contribution in [0.5, 0.6) is 0 Å². The maximum absolute atomic E-state index is 12.8. The number of unbranched alkanes of at least 4 members (excludes halogenated alkanes) is 20. The van der Waals surface area contributed by atoms with Gasteiger partial charge < -0.3 is 68.5 Å². The fraction of sp³-hybridized carbons (Fsp3) is 0.946. The van der Waals surface area contributed by atoms with Crippen LogP contribution in [0.3, 0.4) is 0 Å². The van der Waals surface area contributed by atoms with E-state index in [1.165, 1.54) is 51.4 Å². The number of phosphoric acid groups is 2. The molecule has 1 saturated carbocycles. The molecule has 0 amide bonds. The zero-order valence-corrected chi connectivity index (χ0v) is 44.1. The SMILES string of the molecule is CCCCCCCCCCCCCCCC(=O)O[C@H](COC(=O)CCCCCCCCCCCN)COP(=O)([O-])O[C@H]1[C@H](O)[C@@H](OP(=O)([O-])[O-])[C@H](O)[C@@H](O)[C@H]1O.[Na+].[Na+].[Na+]. The molecule has 0 aromatic rings. The summed E-state index contributed by atoms with van der Waals surface area (Å²) < 4.78 is 48.1. The van der Waals surface area contributed by atoms with Gasteiger partial charge in [0.05, 0.1) is 14.4 Å². The Bertz CT molecular complexity index is 1150. The largest absolute Gasteiger partial charge is 1.00 e. The Morgan fingerprint density at radius 3 is 1.37 bits per heavy atom. The van der Waals surface area contributed by atoms with Crippen molar-refractivity contribution in [2.75, 3.05) is 19.8 Å². The molecular formula is C37H70NNa3O16P2. The van der Waals surface area contributed by atoms with Crippen molar-refractivity contribution in [1.82, 2.24) is 0 Å². The third-order valence-corrected chi connectivity index (χ3v) is 11.2. The first-order valence-corrected chi connectivity index (χ1v) is 23.7. The van der Waals surface area contributed by atoms with E-state index in [-0.39, 0.29) is 102 Å². The van der Waals surface area contributed by atoms with E-state index in [2.05, 4.69) is 11.4 Å². The van der Waals surface area contributed by atoms with Gasteiger partial charge in [-0.15, -0.1) is 0 Å². The third kappa shape index (κ3) is 33.1. The summed E-state index contributed by atoms with van der Waals surface area (Å²) in [6.45, 7) is 1.44. The quantitative estimate of drug-likeness (QED) is 0.0171. The molecule has 0 aromatic heterocycles.